The van der Waals surface area contributed by atoms with E-state index in [4.69, 9.17) is 47.4 Å². The summed E-state index contributed by atoms with van der Waals surface area (Å²) in [6.07, 6.45) is -29.2. The first kappa shape index (κ1) is 89.7. The van der Waals surface area contributed by atoms with Gasteiger partial charge in [0.15, 0.2) is 18.9 Å². The Balaban J connectivity index is 1.78. The van der Waals surface area contributed by atoms with Crippen molar-refractivity contribution in [2.24, 2.45) is 0 Å². The fraction of sp³-hybridized carbons (Fsp3) is 0.926. The normalized spacial score (nSPS) is 28.9. The van der Waals surface area contributed by atoms with Crippen LogP contribution in [0.15, 0.2) is 0 Å². The molecule has 0 radical (unpaired) electrons. The van der Waals surface area contributed by atoms with E-state index in [0.29, 0.717) is 57.8 Å². The topological polar surface area (TPSA) is 501 Å². The van der Waals surface area contributed by atoms with Gasteiger partial charge in [-0.2, -0.15) is 0 Å². The molecule has 0 bridgehead atoms. The van der Waals surface area contributed by atoms with Gasteiger partial charge in [0.2, 0.25) is 0 Å². The minimum atomic E-state index is -1.93. The number of carbonyl (C=O) groups is 5. The Labute approximate surface area is 581 Å². The summed E-state index contributed by atoms with van der Waals surface area (Å²) in [4.78, 5) is 67.3. The summed E-state index contributed by atoms with van der Waals surface area (Å²) >= 11 is 0. The zero-order valence-electron chi connectivity index (χ0n) is 58.5. The van der Waals surface area contributed by atoms with Gasteiger partial charge >= 0.3 is 29.8 Å². The van der Waals surface area contributed by atoms with Crippen LogP contribution in [0.2, 0.25) is 0 Å². The highest BCUT2D eigenvalue weighted by Gasteiger charge is 2.48. The molecule has 31 heteroatoms. The maximum atomic E-state index is 14.2. The Morgan fingerprint density at radius 1 is 0.313 bits per heavy atom. The van der Waals surface area contributed by atoms with E-state index in [0.717, 1.165) is 51.4 Å². The first-order valence-corrected chi connectivity index (χ1v) is 36.1. The van der Waals surface area contributed by atoms with Crippen LogP contribution in [0.4, 0.5) is 0 Å². The van der Waals surface area contributed by atoms with E-state index in [1.165, 1.54) is 0 Å². The number of hydrogen-bond donors (Lipinski definition) is 16. The predicted molar refractivity (Wildman–Crippen MR) is 348 cm³/mol. The van der Waals surface area contributed by atoms with Crippen LogP contribution in [0.1, 0.15) is 227 Å². The molecular formula is C68H122O31. The molecule has 31 nitrogen and oxygen atoms in total. The molecule has 3 fully saturated rings. The third kappa shape index (κ3) is 33.4. The Bertz CT molecular complexity index is 2200. The summed E-state index contributed by atoms with van der Waals surface area (Å²) < 4.78 is 58.2. The Morgan fingerprint density at radius 2 is 0.556 bits per heavy atom. The number of ether oxygens (including phenoxy) is 10. The van der Waals surface area contributed by atoms with E-state index in [2.05, 4.69) is 0 Å². The van der Waals surface area contributed by atoms with Crippen LogP contribution in [0.3, 0.4) is 0 Å². The molecule has 3 aliphatic heterocycles. The Kier molecular flexibility index (Phi) is 44.7. The molecule has 25 atom stereocenters. The van der Waals surface area contributed by atoms with Crippen LogP contribution in [0, 0.1) is 0 Å². The average molecular weight is 1440 g/mol. The van der Waals surface area contributed by atoms with Gasteiger partial charge in [0.1, 0.15) is 97.7 Å². The van der Waals surface area contributed by atoms with Crippen molar-refractivity contribution in [1.82, 2.24) is 0 Å². The highest BCUT2D eigenvalue weighted by atomic mass is 16.7. The van der Waals surface area contributed by atoms with Crippen molar-refractivity contribution in [3.63, 3.8) is 0 Å². The first-order valence-electron chi connectivity index (χ1n) is 36.1. The van der Waals surface area contributed by atoms with E-state index in [9.17, 15) is 106 Å². The number of esters is 4. The van der Waals surface area contributed by atoms with Crippen molar-refractivity contribution in [3.8, 4) is 0 Å². The zero-order valence-corrected chi connectivity index (χ0v) is 58.5. The molecule has 3 rings (SSSR count). The second-order valence-electron chi connectivity index (χ2n) is 26.8. The van der Waals surface area contributed by atoms with Crippen molar-refractivity contribution in [2.75, 3.05) is 19.8 Å². The van der Waals surface area contributed by atoms with Crippen molar-refractivity contribution < 1.29 is 153 Å². The summed E-state index contributed by atoms with van der Waals surface area (Å²) in [7, 11) is 0. The Hall–Kier alpha value is -3.49. The number of aliphatic carboxylic acids is 1. The fourth-order valence-corrected chi connectivity index (χ4v) is 12.4. The second kappa shape index (κ2) is 49.3. The molecule has 16 N–H and O–H groups in total. The molecule has 0 spiro atoms. The van der Waals surface area contributed by atoms with Crippen molar-refractivity contribution in [2.45, 2.75) is 380 Å². The van der Waals surface area contributed by atoms with E-state index < -0.39 is 235 Å². The maximum Gasteiger partial charge on any atom is 0.308 e. The molecule has 0 saturated carbocycles. The van der Waals surface area contributed by atoms with Gasteiger partial charge in [-0.1, -0.05) is 105 Å². The molecule has 99 heavy (non-hydrogen) atoms. The molecule has 3 heterocycles. The highest BCUT2D eigenvalue weighted by Crippen LogP contribution is 2.32. The minimum Gasteiger partial charge on any atom is -0.481 e. The van der Waals surface area contributed by atoms with Gasteiger partial charge in [-0.3, -0.25) is 24.0 Å². The Morgan fingerprint density at radius 3 is 0.828 bits per heavy atom. The third-order valence-corrected chi connectivity index (χ3v) is 18.0. The van der Waals surface area contributed by atoms with E-state index >= 15 is 0 Å². The van der Waals surface area contributed by atoms with Crippen molar-refractivity contribution >= 4 is 29.8 Å². The lowest BCUT2D eigenvalue weighted by Crippen LogP contribution is -2.59. The molecule has 0 aromatic rings. The number of aliphatic hydroxyl groups excluding tert-OH is 15. The standard InChI is InChI=1S/C68H122O31/c1-6-11-16-21-42(91-54(78)31-41(74)28-44(23-18-13-8-3)94-66-63(87)60(84)57(81)49(36-69)97-66)26-39(72)29-53(77)90-43(22-17-12-7-2)27-40(73)30-55(79)92-46(25-20-15-10-5)33-48(96-68-65(89)62(86)59(83)51(38-71)99-68)35-56(80)93-45(24-19-14-9-4)32-47(34-52(75)76)95-67-64(88)61(85)58(82)50(37-70)98-67/h39-51,57-74,81-89H,6-38H2,1-5H3,(H,75,76). The van der Waals surface area contributed by atoms with Gasteiger partial charge in [-0.15, -0.1) is 0 Å². The zero-order chi connectivity index (χ0) is 73.7. The van der Waals surface area contributed by atoms with Crippen LogP contribution in [-0.2, 0) is 71.3 Å². The molecule has 0 aromatic heterocycles. The van der Waals surface area contributed by atoms with Gasteiger partial charge < -0.3 is 129 Å². The predicted octanol–water partition coefficient (Wildman–Crippen LogP) is 1.16. The quantitative estimate of drug-likeness (QED) is 0.0231. The molecular weight excluding hydrogens is 1310 g/mol. The lowest BCUT2D eigenvalue weighted by molar-refractivity contribution is -0.313. The number of carbonyl (C=O) groups excluding carboxylic acids is 4. The molecule has 0 aromatic carbocycles. The van der Waals surface area contributed by atoms with Gasteiger partial charge in [0.05, 0.1) is 88.5 Å². The number of hydrogen-bond acceptors (Lipinski definition) is 30. The molecule has 580 valence electrons. The number of unbranched alkanes of at least 4 members (excludes halogenated alkanes) is 10. The summed E-state index contributed by atoms with van der Waals surface area (Å²) in [5, 5.41) is 168. The van der Waals surface area contributed by atoms with Gasteiger partial charge in [-0.05, 0) is 57.8 Å². The van der Waals surface area contributed by atoms with Gasteiger partial charge in [-0.25, -0.2) is 0 Å². The van der Waals surface area contributed by atoms with Crippen LogP contribution >= 0.6 is 0 Å². The fourth-order valence-electron chi connectivity index (χ4n) is 12.4. The van der Waals surface area contributed by atoms with E-state index in [1.54, 1.807) is 0 Å². The van der Waals surface area contributed by atoms with Crippen LogP contribution in [0.5, 0.6) is 0 Å². The molecule has 25 unspecified atom stereocenters. The SMILES string of the molecule is CCCCCC(CC(O)CC(=O)OC(CCCCC)CC(CC(=O)OC(CCCCC)CC(CC(=O)O)OC1OC(CO)C(O)C(O)C1O)OC1OC(CO)C(O)C(O)C1O)OC(=O)CC(O)CC(CCCCC)OC(=O)CC(O)CC(CCCCC)OC1OC(CO)C(O)C(O)C1O. The number of aliphatic hydroxyl groups is 15. The van der Waals surface area contributed by atoms with E-state index in [-0.39, 0.29) is 51.4 Å². The number of carboxylic acids is 1. The minimum absolute atomic E-state index is 0.114. The molecule has 3 aliphatic rings. The number of rotatable bonds is 53. The van der Waals surface area contributed by atoms with Gasteiger partial charge in [0, 0.05) is 32.1 Å². The lowest BCUT2D eigenvalue weighted by atomic mass is 9.98. The van der Waals surface area contributed by atoms with Crippen LogP contribution < -0.4 is 0 Å². The highest BCUT2D eigenvalue weighted by molar-refractivity contribution is 5.72. The molecule has 0 aliphatic carbocycles. The second-order valence-corrected chi connectivity index (χ2v) is 26.8. The lowest BCUT2D eigenvalue weighted by Gasteiger charge is -2.41. The van der Waals surface area contributed by atoms with Crippen LogP contribution in [0.25, 0.3) is 0 Å². The van der Waals surface area contributed by atoms with Gasteiger partial charge in [0.25, 0.3) is 0 Å². The largest absolute Gasteiger partial charge is 0.481 e. The smallest absolute Gasteiger partial charge is 0.308 e. The summed E-state index contributed by atoms with van der Waals surface area (Å²) in [6.45, 7) is 7.48. The molecule has 0 amide bonds. The summed E-state index contributed by atoms with van der Waals surface area (Å²) in [6, 6.07) is 0. The van der Waals surface area contributed by atoms with Crippen molar-refractivity contribution in [3.05, 3.63) is 0 Å². The maximum absolute atomic E-state index is 14.2. The monoisotopic (exact) mass is 1430 g/mol. The van der Waals surface area contributed by atoms with Crippen LogP contribution in [-0.4, -0.2) is 285 Å². The third-order valence-electron chi connectivity index (χ3n) is 18.0. The van der Waals surface area contributed by atoms with E-state index in [1.807, 2.05) is 34.6 Å². The first-order chi connectivity index (χ1) is 47.1. The average Bonchev–Trinajstić information content (AvgIpc) is 0.827. The van der Waals surface area contributed by atoms with Crippen molar-refractivity contribution in [1.29, 1.82) is 0 Å². The summed E-state index contributed by atoms with van der Waals surface area (Å²) in [5.74, 6) is -4.85. The summed E-state index contributed by atoms with van der Waals surface area (Å²) in [5.41, 5.74) is 0. The molecule has 3 saturated heterocycles. The number of carboxylic acid groups (broad SMARTS) is 1.